The number of nitrogens with zero attached hydrogens (tertiary/aromatic N) is 7. The molecule has 0 saturated carbocycles. The molecule has 2 aromatic heterocycles. The number of hydrazone groups is 1. The number of carbonyl (C=O) groups excluding carboxylic acids is 1. The summed E-state index contributed by atoms with van der Waals surface area (Å²) < 4.78 is 16.6. The minimum absolute atomic E-state index is 0.00798. The van der Waals surface area contributed by atoms with Crippen molar-refractivity contribution in [3.05, 3.63) is 65.5 Å². The van der Waals surface area contributed by atoms with Crippen LogP contribution in [-0.4, -0.2) is 58.7 Å². The number of nitrogens with one attached hydrogen (secondary N) is 1. The minimum Gasteiger partial charge on any atom is -0.497 e. The highest BCUT2D eigenvalue weighted by molar-refractivity contribution is 5.94. The third-order valence-electron chi connectivity index (χ3n) is 5.06. The van der Waals surface area contributed by atoms with Crippen LogP contribution in [0.15, 0.2) is 58.3 Å². The molecule has 0 unspecified atom stereocenters. The van der Waals surface area contributed by atoms with Crippen LogP contribution in [0.3, 0.4) is 0 Å². The van der Waals surface area contributed by atoms with Crippen molar-refractivity contribution in [3.63, 3.8) is 0 Å². The molecule has 180 valence electrons. The molecule has 0 fully saturated rings. The molecule has 3 N–H and O–H groups in total. The summed E-state index contributed by atoms with van der Waals surface area (Å²) in [5, 5.41) is 19.5. The molecule has 0 bridgehead atoms. The Morgan fingerprint density at radius 2 is 2.00 bits per heavy atom. The van der Waals surface area contributed by atoms with E-state index < -0.39 is 5.91 Å². The van der Waals surface area contributed by atoms with E-state index in [2.05, 4.69) is 31.2 Å². The minimum atomic E-state index is -0.583. The van der Waals surface area contributed by atoms with Crippen molar-refractivity contribution in [1.82, 2.24) is 30.7 Å². The summed E-state index contributed by atoms with van der Waals surface area (Å²) in [6.07, 6.45) is 1.44. The molecule has 0 spiro atoms. The molecule has 0 aliphatic carbocycles. The Balaban J connectivity index is 1.61. The summed E-state index contributed by atoms with van der Waals surface area (Å²) in [6.45, 7) is 0.249. The number of anilines is 2. The monoisotopic (exact) mass is 477 g/mol. The highest BCUT2D eigenvalue weighted by Crippen LogP contribution is 2.23. The Bertz CT molecular complexity index is 1330. The lowest BCUT2D eigenvalue weighted by molar-refractivity contribution is 0.0949. The lowest BCUT2D eigenvalue weighted by Crippen LogP contribution is -2.24. The second kappa shape index (κ2) is 10.3. The smallest absolute Gasteiger partial charge is 0.293 e. The van der Waals surface area contributed by atoms with Gasteiger partial charge in [-0.3, -0.25) is 4.79 Å². The summed E-state index contributed by atoms with van der Waals surface area (Å²) in [6, 6.07) is 14.8. The number of carbonyl (C=O) groups is 1. The van der Waals surface area contributed by atoms with Gasteiger partial charge in [0.15, 0.2) is 5.69 Å². The van der Waals surface area contributed by atoms with Gasteiger partial charge in [0.1, 0.15) is 11.5 Å². The molecule has 13 heteroatoms. The van der Waals surface area contributed by atoms with Gasteiger partial charge in [-0.2, -0.15) is 9.78 Å². The number of nitrogens with two attached hydrogens (primary N) is 1. The zero-order chi connectivity index (χ0) is 24.8. The van der Waals surface area contributed by atoms with Gasteiger partial charge in [-0.25, -0.2) is 10.1 Å². The highest BCUT2D eigenvalue weighted by Gasteiger charge is 2.25. The maximum absolute atomic E-state index is 13.0. The Kier molecular flexibility index (Phi) is 6.86. The Morgan fingerprint density at radius 3 is 2.69 bits per heavy atom. The van der Waals surface area contributed by atoms with E-state index in [1.165, 1.54) is 18.0 Å². The van der Waals surface area contributed by atoms with Crippen molar-refractivity contribution in [1.29, 1.82) is 0 Å². The van der Waals surface area contributed by atoms with E-state index in [0.717, 1.165) is 5.69 Å². The fraction of sp³-hybridized carbons (Fsp3) is 0.182. The van der Waals surface area contributed by atoms with Crippen molar-refractivity contribution in [2.75, 3.05) is 31.9 Å². The molecule has 2 aromatic carbocycles. The van der Waals surface area contributed by atoms with E-state index in [4.69, 9.17) is 19.8 Å². The first kappa shape index (κ1) is 23.2. The fourth-order valence-corrected chi connectivity index (χ4v) is 3.28. The number of hydrogen-bond acceptors (Lipinski definition) is 11. The average molecular weight is 477 g/mol. The van der Waals surface area contributed by atoms with Crippen LogP contribution >= 0.6 is 0 Å². The average Bonchev–Trinajstić information content (AvgIpc) is 3.49. The second-order valence-electron chi connectivity index (χ2n) is 7.27. The van der Waals surface area contributed by atoms with Gasteiger partial charge in [-0.15, -0.1) is 5.10 Å². The van der Waals surface area contributed by atoms with Gasteiger partial charge in [0.2, 0.25) is 11.6 Å². The Labute approximate surface area is 200 Å². The van der Waals surface area contributed by atoms with Crippen LogP contribution in [-0.2, 0) is 6.54 Å². The normalized spacial score (nSPS) is 10.9. The number of ether oxygens (including phenoxy) is 2. The first-order chi connectivity index (χ1) is 17.0. The van der Waals surface area contributed by atoms with Gasteiger partial charge in [0, 0.05) is 18.3 Å². The van der Waals surface area contributed by atoms with Gasteiger partial charge >= 0.3 is 0 Å². The predicted octanol–water partition coefficient (Wildman–Crippen LogP) is 1.65. The lowest BCUT2D eigenvalue weighted by atomic mass is 10.2. The number of aromatic nitrogens is 5. The number of para-hydroxylation sites is 1. The molecule has 0 radical (unpaired) electrons. The number of hydrogen-bond donors (Lipinski definition) is 2. The molecule has 2 heterocycles. The number of benzene rings is 2. The summed E-state index contributed by atoms with van der Waals surface area (Å²) in [5.74, 6) is 0.729. The molecule has 0 saturated heterocycles. The fourth-order valence-electron chi connectivity index (χ4n) is 3.28. The van der Waals surface area contributed by atoms with E-state index in [-0.39, 0.29) is 23.9 Å². The number of nitrogen functional groups attached to an aromatic ring is 1. The van der Waals surface area contributed by atoms with E-state index in [1.807, 2.05) is 42.3 Å². The molecule has 4 rings (SSSR count). The van der Waals surface area contributed by atoms with E-state index in [1.54, 1.807) is 25.3 Å². The first-order valence-electron chi connectivity index (χ1n) is 10.4. The molecule has 0 atom stereocenters. The molecule has 13 nitrogen and oxygen atoms in total. The predicted molar refractivity (Wildman–Crippen MR) is 127 cm³/mol. The van der Waals surface area contributed by atoms with Crippen LogP contribution < -0.4 is 25.5 Å². The van der Waals surface area contributed by atoms with Crippen molar-refractivity contribution in [2.45, 2.75) is 6.54 Å². The summed E-state index contributed by atoms with van der Waals surface area (Å²) in [7, 11) is 4.96. The highest BCUT2D eigenvalue weighted by atomic mass is 16.6. The van der Waals surface area contributed by atoms with Crippen LogP contribution in [0.25, 0.3) is 5.82 Å². The van der Waals surface area contributed by atoms with Crippen LogP contribution in [0.5, 0.6) is 11.5 Å². The third-order valence-corrected chi connectivity index (χ3v) is 5.06. The van der Waals surface area contributed by atoms with E-state index in [9.17, 15) is 4.79 Å². The molecule has 4 aromatic rings. The van der Waals surface area contributed by atoms with Gasteiger partial charge in [0.05, 0.1) is 32.7 Å². The maximum Gasteiger partial charge on any atom is 0.293 e. The molecular formula is C22H23N9O4. The standard InChI is InChI=1S/C22H23N9O4/c1-30(15-7-5-4-6-8-15)13-17-19(25-29-31(17)21-20(23)27-35-28-21)22(32)26-24-12-14-11-16(33-2)9-10-18(14)34-3/h4-12H,13H2,1-3H3,(H2,23,27)(H,26,32)/b24-12-. The van der Waals surface area contributed by atoms with Crippen molar-refractivity contribution < 1.29 is 18.9 Å². The first-order valence-corrected chi connectivity index (χ1v) is 10.4. The largest absolute Gasteiger partial charge is 0.497 e. The van der Waals surface area contributed by atoms with Gasteiger partial charge in [-0.1, -0.05) is 23.4 Å². The number of rotatable bonds is 9. The zero-order valence-corrected chi connectivity index (χ0v) is 19.2. The summed E-state index contributed by atoms with van der Waals surface area (Å²) >= 11 is 0. The molecule has 1 amide bonds. The molecule has 35 heavy (non-hydrogen) atoms. The Morgan fingerprint density at radius 1 is 1.20 bits per heavy atom. The van der Waals surface area contributed by atoms with Crippen LogP contribution in [0.1, 0.15) is 21.7 Å². The third kappa shape index (κ3) is 5.03. The topological polar surface area (TPSA) is 159 Å². The van der Waals surface area contributed by atoms with E-state index in [0.29, 0.717) is 22.8 Å². The van der Waals surface area contributed by atoms with Crippen molar-refractivity contribution in [3.8, 4) is 17.3 Å². The zero-order valence-electron chi connectivity index (χ0n) is 19.2. The lowest BCUT2D eigenvalue weighted by Gasteiger charge is -2.19. The van der Waals surface area contributed by atoms with Gasteiger partial charge in [0.25, 0.3) is 5.91 Å². The van der Waals surface area contributed by atoms with Crippen molar-refractivity contribution in [2.24, 2.45) is 5.10 Å². The molecule has 0 aliphatic heterocycles. The quantitative estimate of drug-likeness (QED) is 0.268. The van der Waals surface area contributed by atoms with Crippen molar-refractivity contribution >= 4 is 23.6 Å². The van der Waals surface area contributed by atoms with Gasteiger partial charge < -0.3 is 20.1 Å². The Hall–Kier alpha value is -4.94. The van der Waals surface area contributed by atoms with Crippen LogP contribution in [0, 0.1) is 0 Å². The van der Waals surface area contributed by atoms with E-state index >= 15 is 0 Å². The van der Waals surface area contributed by atoms with Crippen LogP contribution in [0.2, 0.25) is 0 Å². The summed E-state index contributed by atoms with van der Waals surface area (Å²) in [4.78, 5) is 14.9. The number of amides is 1. The molecular weight excluding hydrogens is 454 g/mol. The van der Waals surface area contributed by atoms with Gasteiger partial charge in [-0.05, 0) is 40.6 Å². The summed E-state index contributed by atoms with van der Waals surface area (Å²) in [5.41, 5.74) is 10.3. The maximum atomic E-state index is 13.0. The van der Waals surface area contributed by atoms with Crippen LogP contribution in [0.4, 0.5) is 11.5 Å². The molecule has 0 aliphatic rings. The number of methoxy groups -OCH3 is 2. The second-order valence-corrected chi connectivity index (χ2v) is 7.27. The SMILES string of the molecule is COc1ccc(OC)c(/C=N\NC(=O)c2nnn(-c3nonc3N)c2CN(C)c2ccccc2)c1.